The van der Waals surface area contributed by atoms with E-state index in [1.165, 1.54) is 16.4 Å². The van der Waals surface area contributed by atoms with Crippen molar-refractivity contribution in [3.8, 4) is 0 Å². The standard InChI is InChI=1S/C24H25ClN4O3S/c1-27-13-15-28(16-14-27)33(31,32)23-7-4-5-19(17-23)24(30)29(18-21-6-2-3-12-26-21)22-10-8-20(25)9-11-22/h2-12,17H,13-16,18H2,1H3. The molecule has 4 rings (SSSR count). The van der Waals surface area contributed by atoms with Gasteiger partial charge in [0.25, 0.3) is 5.91 Å². The molecule has 2 aromatic carbocycles. The number of aromatic nitrogens is 1. The van der Waals surface area contributed by atoms with Crippen LogP contribution in [0.15, 0.2) is 77.8 Å². The summed E-state index contributed by atoms with van der Waals surface area (Å²) in [4.78, 5) is 21.7. The van der Waals surface area contributed by atoms with Gasteiger partial charge in [-0.2, -0.15) is 4.31 Å². The van der Waals surface area contributed by atoms with Gasteiger partial charge in [-0.25, -0.2) is 8.42 Å². The lowest BCUT2D eigenvalue weighted by molar-refractivity contribution is 0.0984. The van der Waals surface area contributed by atoms with Crippen molar-refractivity contribution in [2.45, 2.75) is 11.4 Å². The number of rotatable bonds is 6. The third-order valence-electron chi connectivity index (χ3n) is 5.61. The summed E-state index contributed by atoms with van der Waals surface area (Å²) in [6.07, 6.45) is 1.67. The van der Waals surface area contributed by atoms with Crippen molar-refractivity contribution in [2.75, 3.05) is 38.1 Å². The smallest absolute Gasteiger partial charge is 0.258 e. The van der Waals surface area contributed by atoms with E-state index in [0.29, 0.717) is 42.6 Å². The number of pyridine rings is 1. The van der Waals surface area contributed by atoms with Gasteiger partial charge in [0.1, 0.15) is 0 Å². The Bertz CT molecular complexity index is 1210. The second-order valence-electron chi connectivity index (χ2n) is 7.92. The van der Waals surface area contributed by atoms with Gasteiger partial charge in [-0.05, 0) is 61.6 Å². The number of halogens is 1. The number of benzene rings is 2. The largest absolute Gasteiger partial charge is 0.304 e. The van der Waals surface area contributed by atoms with Crippen LogP contribution in [0.3, 0.4) is 0 Å². The zero-order valence-electron chi connectivity index (χ0n) is 18.3. The zero-order valence-corrected chi connectivity index (χ0v) is 19.8. The summed E-state index contributed by atoms with van der Waals surface area (Å²) in [5.74, 6) is -0.321. The summed E-state index contributed by atoms with van der Waals surface area (Å²) in [5, 5.41) is 0.559. The highest BCUT2D eigenvalue weighted by Crippen LogP contribution is 2.24. The first-order valence-corrected chi connectivity index (χ1v) is 12.4. The molecule has 0 aliphatic carbocycles. The van der Waals surface area contributed by atoms with Crippen LogP contribution in [0.5, 0.6) is 0 Å². The monoisotopic (exact) mass is 484 g/mol. The Kier molecular flexibility index (Phi) is 7.09. The van der Waals surface area contributed by atoms with Crippen molar-refractivity contribution in [1.82, 2.24) is 14.2 Å². The van der Waals surface area contributed by atoms with E-state index < -0.39 is 10.0 Å². The fourth-order valence-electron chi connectivity index (χ4n) is 3.68. The summed E-state index contributed by atoms with van der Waals surface area (Å²) in [6.45, 7) is 2.43. The third kappa shape index (κ3) is 5.42. The summed E-state index contributed by atoms with van der Waals surface area (Å²) in [5.41, 5.74) is 1.64. The highest BCUT2D eigenvalue weighted by atomic mass is 35.5. The van der Waals surface area contributed by atoms with Gasteiger partial charge >= 0.3 is 0 Å². The van der Waals surface area contributed by atoms with Gasteiger partial charge in [0.15, 0.2) is 0 Å². The quantitative estimate of drug-likeness (QED) is 0.535. The number of carbonyl (C=O) groups is 1. The van der Waals surface area contributed by atoms with E-state index in [0.717, 1.165) is 0 Å². The number of sulfonamides is 1. The lowest BCUT2D eigenvalue weighted by atomic mass is 10.1. The van der Waals surface area contributed by atoms with Crippen molar-refractivity contribution in [3.63, 3.8) is 0 Å². The number of piperazine rings is 1. The Morgan fingerprint density at radius 3 is 2.39 bits per heavy atom. The molecule has 0 saturated carbocycles. The molecule has 1 amide bonds. The van der Waals surface area contributed by atoms with Crippen LogP contribution in [-0.4, -0.2) is 61.7 Å². The Labute approximate surface area is 199 Å². The molecule has 2 heterocycles. The molecule has 3 aromatic rings. The van der Waals surface area contributed by atoms with E-state index >= 15 is 0 Å². The molecule has 172 valence electrons. The number of carbonyl (C=O) groups excluding carboxylic acids is 1. The number of likely N-dealkylation sites (N-methyl/N-ethyl adjacent to an activating group) is 1. The van der Waals surface area contributed by atoms with Gasteiger partial charge in [-0.15, -0.1) is 0 Å². The van der Waals surface area contributed by atoms with Crippen molar-refractivity contribution >= 4 is 33.2 Å². The minimum Gasteiger partial charge on any atom is -0.304 e. The molecular formula is C24H25ClN4O3S. The van der Waals surface area contributed by atoms with Crippen LogP contribution in [-0.2, 0) is 16.6 Å². The topological polar surface area (TPSA) is 73.8 Å². The first kappa shape index (κ1) is 23.4. The first-order valence-electron chi connectivity index (χ1n) is 10.6. The average Bonchev–Trinajstić information content (AvgIpc) is 2.84. The summed E-state index contributed by atoms with van der Waals surface area (Å²) in [6, 6.07) is 18.7. The van der Waals surface area contributed by atoms with Gasteiger partial charge < -0.3 is 9.80 Å². The minimum absolute atomic E-state index is 0.117. The maximum atomic E-state index is 13.6. The van der Waals surface area contributed by atoms with E-state index in [2.05, 4.69) is 9.88 Å². The molecule has 1 aliphatic rings. The lowest BCUT2D eigenvalue weighted by Gasteiger charge is -2.31. The number of amides is 1. The minimum atomic E-state index is -3.69. The molecule has 9 heteroatoms. The van der Waals surface area contributed by atoms with E-state index in [1.807, 2.05) is 25.2 Å². The normalized spacial score (nSPS) is 15.3. The van der Waals surface area contributed by atoms with Crippen LogP contribution in [0.2, 0.25) is 5.02 Å². The van der Waals surface area contributed by atoms with Crippen LogP contribution < -0.4 is 4.90 Å². The maximum Gasteiger partial charge on any atom is 0.258 e. The number of hydrogen-bond donors (Lipinski definition) is 0. The predicted octanol–water partition coefficient (Wildman–Crippen LogP) is 3.52. The van der Waals surface area contributed by atoms with Gasteiger partial charge in [0, 0.05) is 48.6 Å². The van der Waals surface area contributed by atoms with Crippen molar-refractivity contribution in [2.24, 2.45) is 0 Å². The van der Waals surface area contributed by atoms with Crippen LogP contribution in [0.4, 0.5) is 5.69 Å². The summed E-state index contributed by atoms with van der Waals surface area (Å²) in [7, 11) is -1.72. The SMILES string of the molecule is CN1CCN(S(=O)(=O)c2cccc(C(=O)N(Cc3ccccn3)c3ccc(Cl)cc3)c2)CC1. The highest BCUT2D eigenvalue weighted by molar-refractivity contribution is 7.89. The maximum absolute atomic E-state index is 13.6. The van der Waals surface area contributed by atoms with Gasteiger partial charge in [-0.3, -0.25) is 9.78 Å². The Hall–Kier alpha value is -2.78. The Morgan fingerprint density at radius 1 is 1.00 bits per heavy atom. The van der Waals surface area contributed by atoms with Crippen molar-refractivity contribution < 1.29 is 13.2 Å². The molecule has 1 aliphatic heterocycles. The Balaban J connectivity index is 1.66. The van der Waals surface area contributed by atoms with Gasteiger partial charge in [0.2, 0.25) is 10.0 Å². The van der Waals surface area contributed by atoms with Crippen LogP contribution in [0.25, 0.3) is 0 Å². The van der Waals surface area contributed by atoms with Gasteiger partial charge in [0.05, 0.1) is 17.1 Å². The van der Waals surface area contributed by atoms with Crippen LogP contribution >= 0.6 is 11.6 Å². The Morgan fingerprint density at radius 2 is 1.73 bits per heavy atom. The fourth-order valence-corrected chi connectivity index (χ4v) is 5.27. The predicted molar refractivity (Wildman–Crippen MR) is 129 cm³/mol. The average molecular weight is 485 g/mol. The molecule has 0 radical (unpaired) electrons. The van der Waals surface area contributed by atoms with E-state index in [4.69, 9.17) is 11.6 Å². The van der Waals surface area contributed by atoms with Crippen LogP contribution in [0.1, 0.15) is 16.1 Å². The first-order chi connectivity index (χ1) is 15.8. The summed E-state index contributed by atoms with van der Waals surface area (Å²) >= 11 is 6.04. The zero-order chi connectivity index (χ0) is 23.4. The molecule has 1 fully saturated rings. The van der Waals surface area contributed by atoms with Crippen molar-refractivity contribution in [3.05, 3.63) is 89.2 Å². The summed E-state index contributed by atoms with van der Waals surface area (Å²) < 4.78 is 27.9. The second-order valence-corrected chi connectivity index (χ2v) is 10.3. The third-order valence-corrected chi connectivity index (χ3v) is 7.76. The molecule has 0 unspecified atom stereocenters. The van der Waals surface area contributed by atoms with Crippen LogP contribution in [0, 0.1) is 0 Å². The molecule has 0 bridgehead atoms. The molecule has 33 heavy (non-hydrogen) atoms. The molecule has 1 saturated heterocycles. The van der Waals surface area contributed by atoms with Gasteiger partial charge in [-0.1, -0.05) is 23.7 Å². The number of hydrogen-bond acceptors (Lipinski definition) is 5. The molecule has 0 N–H and O–H groups in total. The number of nitrogens with zero attached hydrogens (tertiary/aromatic N) is 4. The molecular weight excluding hydrogens is 460 g/mol. The van der Waals surface area contributed by atoms with E-state index in [-0.39, 0.29) is 22.9 Å². The molecule has 0 spiro atoms. The van der Waals surface area contributed by atoms with E-state index in [9.17, 15) is 13.2 Å². The molecule has 7 nitrogen and oxygen atoms in total. The lowest BCUT2D eigenvalue weighted by Crippen LogP contribution is -2.47. The highest BCUT2D eigenvalue weighted by Gasteiger charge is 2.28. The second kappa shape index (κ2) is 10.0. The fraction of sp³-hybridized carbons (Fsp3) is 0.250. The van der Waals surface area contributed by atoms with E-state index in [1.54, 1.807) is 47.5 Å². The van der Waals surface area contributed by atoms with Crippen molar-refractivity contribution in [1.29, 1.82) is 0 Å². The number of anilines is 1. The molecule has 0 atom stereocenters. The molecule has 1 aromatic heterocycles.